The first-order chi connectivity index (χ1) is 12.7. The zero-order chi connectivity index (χ0) is 19.3. The van der Waals surface area contributed by atoms with E-state index in [1.807, 2.05) is 11.3 Å². The van der Waals surface area contributed by atoms with E-state index in [0.29, 0.717) is 11.2 Å². The fourth-order valence-electron chi connectivity index (χ4n) is 3.72. The van der Waals surface area contributed by atoms with E-state index >= 15 is 0 Å². The van der Waals surface area contributed by atoms with E-state index in [9.17, 15) is 0 Å². The number of aryl methyl sites for hydroxylation is 3. The highest BCUT2D eigenvalue weighted by Gasteiger charge is 2.31. The Morgan fingerprint density at radius 3 is 2.59 bits per heavy atom. The Hall–Kier alpha value is -1.18. The number of rotatable bonds is 3. The predicted octanol–water partition coefficient (Wildman–Crippen LogP) is 5.79. The minimum atomic E-state index is 0.343. The molecule has 3 heterocycles. The fourth-order valence-corrected chi connectivity index (χ4v) is 6.86. The molecule has 0 saturated carbocycles. The van der Waals surface area contributed by atoms with E-state index in [0.717, 1.165) is 50.6 Å². The number of nitrogens with two attached hydrogens (primary N) is 1. The Morgan fingerprint density at radius 2 is 1.93 bits per heavy atom. The monoisotopic (exact) mass is 418 g/mol. The number of thiophene rings is 1. The highest BCUT2D eigenvalue weighted by molar-refractivity contribution is 7.98. The Bertz CT molecular complexity index is 977. The highest BCUT2D eigenvalue weighted by atomic mass is 32.2. The van der Waals surface area contributed by atoms with Crippen LogP contribution in [-0.4, -0.2) is 15.0 Å². The van der Waals surface area contributed by atoms with Crippen LogP contribution < -0.4 is 5.73 Å². The molecule has 0 bridgehead atoms. The van der Waals surface area contributed by atoms with Gasteiger partial charge < -0.3 is 5.73 Å². The molecule has 1 atom stereocenters. The van der Waals surface area contributed by atoms with Crippen molar-refractivity contribution in [3.63, 3.8) is 0 Å². The van der Waals surface area contributed by atoms with Gasteiger partial charge in [-0.3, -0.25) is 0 Å². The topological polar surface area (TPSA) is 64.7 Å². The van der Waals surface area contributed by atoms with Crippen molar-refractivity contribution in [2.75, 3.05) is 5.73 Å². The van der Waals surface area contributed by atoms with Crippen LogP contribution in [0.3, 0.4) is 0 Å². The van der Waals surface area contributed by atoms with Gasteiger partial charge in [0.15, 0.2) is 5.16 Å². The Morgan fingerprint density at radius 1 is 1.15 bits per heavy atom. The lowest BCUT2D eigenvalue weighted by Crippen LogP contribution is -2.26. The number of anilines is 1. The van der Waals surface area contributed by atoms with E-state index in [2.05, 4.69) is 44.6 Å². The number of nitrogens with zero attached hydrogens (tertiary/aromatic N) is 3. The second-order valence-corrected chi connectivity index (χ2v) is 11.7. The molecule has 3 aromatic heterocycles. The molecule has 4 rings (SSSR count). The van der Waals surface area contributed by atoms with Gasteiger partial charge in [-0.2, -0.15) is 0 Å². The normalized spacial score (nSPS) is 17.4. The number of nitrogen functional groups attached to an aromatic ring is 1. The summed E-state index contributed by atoms with van der Waals surface area (Å²) in [4.78, 5) is 17.8. The third-order valence-electron chi connectivity index (χ3n) is 5.54. The lowest BCUT2D eigenvalue weighted by Gasteiger charge is -2.33. The van der Waals surface area contributed by atoms with E-state index in [4.69, 9.17) is 10.7 Å². The van der Waals surface area contributed by atoms with Gasteiger partial charge >= 0.3 is 0 Å². The zero-order valence-corrected chi connectivity index (χ0v) is 19.0. The summed E-state index contributed by atoms with van der Waals surface area (Å²) in [6, 6.07) is 0. The summed E-state index contributed by atoms with van der Waals surface area (Å²) in [6.45, 7) is 11.2. The molecular formula is C20H26N4S3. The first-order valence-electron chi connectivity index (χ1n) is 9.36. The van der Waals surface area contributed by atoms with Crippen LogP contribution >= 0.6 is 34.4 Å². The molecule has 4 nitrogen and oxygen atoms in total. The molecule has 0 amide bonds. The molecule has 1 unspecified atom stereocenters. The molecule has 0 saturated heterocycles. The van der Waals surface area contributed by atoms with Crippen molar-refractivity contribution >= 4 is 50.5 Å². The highest BCUT2D eigenvalue weighted by Crippen LogP contribution is 2.44. The molecule has 7 heteroatoms. The van der Waals surface area contributed by atoms with Gasteiger partial charge in [-0.15, -0.1) is 22.7 Å². The summed E-state index contributed by atoms with van der Waals surface area (Å²) in [7, 11) is 0. The van der Waals surface area contributed by atoms with Crippen molar-refractivity contribution < 1.29 is 0 Å². The van der Waals surface area contributed by atoms with Gasteiger partial charge in [-0.25, -0.2) is 15.0 Å². The standard InChI is InChI=1S/C20H26N4S3/c1-10-11(2)26-15(22-10)9-25-19-23-17(21)16-13-7-6-12(20(3,4)5)8-14(13)27-18(16)24-19/h12H,6-9H2,1-5H3,(H2,21,23,24). The quantitative estimate of drug-likeness (QED) is 0.431. The number of thioether (sulfide) groups is 1. The lowest BCUT2D eigenvalue weighted by molar-refractivity contribution is 0.218. The molecule has 0 radical (unpaired) electrons. The average Bonchev–Trinajstić information content (AvgIpc) is 3.11. The molecule has 27 heavy (non-hydrogen) atoms. The summed E-state index contributed by atoms with van der Waals surface area (Å²) in [5.74, 6) is 2.15. The van der Waals surface area contributed by atoms with E-state index in [1.165, 1.54) is 21.7 Å². The number of fused-ring (bicyclic) bond motifs is 3. The second-order valence-electron chi connectivity index (χ2n) is 8.42. The lowest BCUT2D eigenvalue weighted by atomic mass is 9.72. The van der Waals surface area contributed by atoms with Gasteiger partial charge in [0, 0.05) is 9.75 Å². The van der Waals surface area contributed by atoms with Crippen molar-refractivity contribution in [2.45, 2.75) is 64.8 Å². The van der Waals surface area contributed by atoms with Gasteiger partial charge in [-0.05, 0) is 50.0 Å². The van der Waals surface area contributed by atoms with Gasteiger partial charge in [0.2, 0.25) is 0 Å². The minimum absolute atomic E-state index is 0.343. The minimum Gasteiger partial charge on any atom is -0.383 e. The van der Waals surface area contributed by atoms with Crippen LogP contribution in [0.25, 0.3) is 10.2 Å². The molecule has 2 N–H and O–H groups in total. The van der Waals surface area contributed by atoms with E-state index in [1.54, 1.807) is 23.1 Å². The first-order valence-corrected chi connectivity index (χ1v) is 12.0. The van der Waals surface area contributed by atoms with Crippen LogP contribution in [0.15, 0.2) is 5.16 Å². The molecule has 0 aliphatic heterocycles. The average molecular weight is 419 g/mol. The zero-order valence-electron chi connectivity index (χ0n) is 16.5. The second kappa shape index (κ2) is 7.01. The third kappa shape index (κ3) is 3.74. The van der Waals surface area contributed by atoms with Crippen molar-refractivity contribution in [3.05, 3.63) is 26.0 Å². The Kier molecular flexibility index (Phi) is 4.97. The summed E-state index contributed by atoms with van der Waals surface area (Å²) in [5, 5.41) is 2.99. The van der Waals surface area contributed by atoms with Crippen LogP contribution in [0.2, 0.25) is 0 Å². The van der Waals surface area contributed by atoms with Crippen LogP contribution in [0.4, 0.5) is 5.82 Å². The maximum absolute atomic E-state index is 6.37. The van der Waals surface area contributed by atoms with Crippen LogP contribution in [0, 0.1) is 25.2 Å². The molecule has 1 aliphatic carbocycles. The summed E-state index contributed by atoms with van der Waals surface area (Å²) >= 11 is 5.20. The maximum atomic E-state index is 6.37. The van der Waals surface area contributed by atoms with E-state index < -0.39 is 0 Å². The van der Waals surface area contributed by atoms with Gasteiger partial charge in [-0.1, -0.05) is 32.5 Å². The largest absolute Gasteiger partial charge is 0.383 e. The van der Waals surface area contributed by atoms with Crippen molar-refractivity contribution in [1.82, 2.24) is 15.0 Å². The summed E-state index contributed by atoms with van der Waals surface area (Å²) in [6.07, 6.45) is 3.45. The molecule has 144 valence electrons. The molecule has 0 fully saturated rings. The molecule has 3 aromatic rings. The van der Waals surface area contributed by atoms with Gasteiger partial charge in [0.25, 0.3) is 0 Å². The van der Waals surface area contributed by atoms with Crippen molar-refractivity contribution in [1.29, 1.82) is 0 Å². The van der Waals surface area contributed by atoms with Gasteiger partial charge in [0.1, 0.15) is 15.7 Å². The van der Waals surface area contributed by atoms with Gasteiger partial charge in [0.05, 0.1) is 16.8 Å². The number of hydrogen-bond acceptors (Lipinski definition) is 7. The molecule has 0 aromatic carbocycles. The molecular weight excluding hydrogens is 392 g/mol. The number of hydrogen-bond donors (Lipinski definition) is 1. The molecule has 0 spiro atoms. The maximum Gasteiger partial charge on any atom is 0.191 e. The Labute approximate surface area is 173 Å². The number of aromatic nitrogens is 3. The van der Waals surface area contributed by atoms with Crippen molar-refractivity contribution in [3.8, 4) is 0 Å². The number of thiazole rings is 1. The smallest absolute Gasteiger partial charge is 0.191 e. The Balaban J connectivity index is 1.60. The van der Waals surface area contributed by atoms with Crippen LogP contribution in [-0.2, 0) is 18.6 Å². The molecule has 1 aliphatic rings. The third-order valence-corrected chi connectivity index (χ3v) is 8.80. The summed E-state index contributed by atoms with van der Waals surface area (Å²) < 4.78 is 0. The predicted molar refractivity (Wildman–Crippen MR) is 118 cm³/mol. The SMILES string of the molecule is Cc1nc(CSc2nc(N)c3c4c(sc3n2)CC(C(C)(C)C)CC4)sc1C. The first kappa shape index (κ1) is 19.2. The summed E-state index contributed by atoms with van der Waals surface area (Å²) in [5.41, 5.74) is 9.23. The van der Waals surface area contributed by atoms with Crippen LogP contribution in [0.1, 0.15) is 53.2 Å². The van der Waals surface area contributed by atoms with Crippen LogP contribution in [0.5, 0.6) is 0 Å². The van der Waals surface area contributed by atoms with E-state index in [-0.39, 0.29) is 0 Å². The fraction of sp³-hybridized carbons (Fsp3) is 0.550. The van der Waals surface area contributed by atoms with Crippen molar-refractivity contribution in [2.24, 2.45) is 11.3 Å².